The summed E-state index contributed by atoms with van der Waals surface area (Å²) in [5.41, 5.74) is -0.624. The van der Waals surface area contributed by atoms with Crippen molar-refractivity contribution in [2.45, 2.75) is 12.8 Å². The fraction of sp³-hybridized carbons (Fsp3) is 0.500. The van der Waals surface area contributed by atoms with Crippen molar-refractivity contribution in [3.63, 3.8) is 0 Å². The molecule has 22 heavy (non-hydrogen) atoms. The normalized spacial score (nSPS) is 17.8. The Morgan fingerprint density at radius 3 is 3.00 bits per heavy atom. The van der Waals surface area contributed by atoms with E-state index in [1.807, 2.05) is 0 Å². The van der Waals surface area contributed by atoms with Crippen LogP contribution in [-0.2, 0) is 4.79 Å². The van der Waals surface area contributed by atoms with E-state index in [0.717, 1.165) is 38.1 Å². The molecule has 1 saturated heterocycles. The van der Waals surface area contributed by atoms with E-state index in [4.69, 9.17) is 4.74 Å². The van der Waals surface area contributed by atoms with Gasteiger partial charge < -0.3 is 15.4 Å². The SMILES string of the molecule is O=C(COc1ccc([N+](=O)[O-])c(F)c1)NCC1CCCNC1. The van der Waals surface area contributed by atoms with Gasteiger partial charge >= 0.3 is 5.69 Å². The topological polar surface area (TPSA) is 93.5 Å². The van der Waals surface area contributed by atoms with E-state index in [1.165, 1.54) is 6.07 Å². The standard InChI is InChI=1S/C14H18FN3O4/c15-12-6-11(3-4-13(12)18(20)21)22-9-14(19)17-8-10-2-1-5-16-7-10/h3-4,6,10,16H,1-2,5,7-9H2,(H,17,19). The first kappa shape index (κ1) is 16.2. The minimum absolute atomic E-state index is 0.0811. The van der Waals surface area contributed by atoms with Gasteiger partial charge in [-0.05, 0) is 37.9 Å². The van der Waals surface area contributed by atoms with Crippen LogP contribution in [0.25, 0.3) is 0 Å². The zero-order valence-electron chi connectivity index (χ0n) is 12.0. The fourth-order valence-corrected chi connectivity index (χ4v) is 2.28. The third-order valence-electron chi connectivity index (χ3n) is 3.47. The van der Waals surface area contributed by atoms with Crippen LogP contribution in [0.1, 0.15) is 12.8 Å². The number of carbonyl (C=O) groups excluding carboxylic acids is 1. The van der Waals surface area contributed by atoms with Crippen molar-refractivity contribution in [1.82, 2.24) is 10.6 Å². The van der Waals surface area contributed by atoms with Crippen molar-refractivity contribution < 1.29 is 18.8 Å². The van der Waals surface area contributed by atoms with Crippen LogP contribution >= 0.6 is 0 Å². The molecule has 1 fully saturated rings. The summed E-state index contributed by atoms with van der Waals surface area (Å²) in [5.74, 6) is -0.798. The maximum atomic E-state index is 13.4. The van der Waals surface area contributed by atoms with Crippen LogP contribution in [0.3, 0.4) is 0 Å². The minimum atomic E-state index is -0.990. The van der Waals surface area contributed by atoms with Gasteiger partial charge in [-0.1, -0.05) is 0 Å². The second-order valence-corrected chi connectivity index (χ2v) is 5.18. The highest BCUT2D eigenvalue weighted by atomic mass is 19.1. The molecular weight excluding hydrogens is 293 g/mol. The van der Waals surface area contributed by atoms with Crippen molar-refractivity contribution in [2.24, 2.45) is 5.92 Å². The van der Waals surface area contributed by atoms with Gasteiger partial charge in [0.2, 0.25) is 5.82 Å². The van der Waals surface area contributed by atoms with E-state index < -0.39 is 16.4 Å². The number of nitro benzene ring substituents is 1. The number of hydrogen-bond acceptors (Lipinski definition) is 5. The smallest absolute Gasteiger partial charge is 0.305 e. The van der Waals surface area contributed by atoms with Crippen LogP contribution in [0.15, 0.2) is 18.2 Å². The lowest BCUT2D eigenvalue weighted by Crippen LogP contribution is -2.39. The van der Waals surface area contributed by atoms with E-state index >= 15 is 0 Å². The number of nitro groups is 1. The highest BCUT2D eigenvalue weighted by Crippen LogP contribution is 2.22. The van der Waals surface area contributed by atoms with E-state index in [2.05, 4.69) is 10.6 Å². The van der Waals surface area contributed by atoms with Crippen molar-refractivity contribution in [3.05, 3.63) is 34.1 Å². The van der Waals surface area contributed by atoms with Crippen molar-refractivity contribution in [1.29, 1.82) is 0 Å². The predicted molar refractivity (Wildman–Crippen MR) is 77.2 cm³/mol. The Balaban J connectivity index is 1.76. The number of amides is 1. The van der Waals surface area contributed by atoms with Crippen LogP contribution in [0, 0.1) is 21.8 Å². The van der Waals surface area contributed by atoms with Crippen LogP contribution in [0.4, 0.5) is 10.1 Å². The van der Waals surface area contributed by atoms with E-state index in [9.17, 15) is 19.3 Å². The lowest BCUT2D eigenvalue weighted by atomic mass is 10.00. The van der Waals surface area contributed by atoms with Crippen molar-refractivity contribution in [2.75, 3.05) is 26.2 Å². The molecular formula is C14H18FN3O4. The lowest BCUT2D eigenvalue weighted by molar-refractivity contribution is -0.387. The number of halogens is 1. The number of ether oxygens (including phenoxy) is 1. The second kappa shape index (κ2) is 7.69. The Bertz CT molecular complexity index is 547. The summed E-state index contributed by atoms with van der Waals surface area (Å²) in [6, 6.07) is 3.17. The highest BCUT2D eigenvalue weighted by Gasteiger charge is 2.16. The van der Waals surface area contributed by atoms with Gasteiger partial charge in [0.05, 0.1) is 4.92 Å². The summed E-state index contributed by atoms with van der Waals surface area (Å²) in [6.07, 6.45) is 2.17. The van der Waals surface area contributed by atoms with Crippen molar-refractivity contribution >= 4 is 11.6 Å². The lowest BCUT2D eigenvalue weighted by Gasteiger charge is -2.22. The minimum Gasteiger partial charge on any atom is -0.484 e. The summed E-state index contributed by atoms with van der Waals surface area (Å²) < 4.78 is 18.5. The maximum absolute atomic E-state index is 13.4. The molecule has 1 aliphatic rings. The first-order valence-electron chi connectivity index (χ1n) is 7.10. The fourth-order valence-electron chi connectivity index (χ4n) is 2.28. The molecule has 1 atom stereocenters. The molecule has 1 aromatic carbocycles. The summed E-state index contributed by atoms with van der Waals surface area (Å²) in [7, 11) is 0. The quantitative estimate of drug-likeness (QED) is 0.609. The molecule has 2 rings (SSSR count). The van der Waals surface area contributed by atoms with E-state index in [1.54, 1.807) is 0 Å². The molecule has 0 aromatic heterocycles. The first-order chi connectivity index (χ1) is 10.6. The van der Waals surface area contributed by atoms with Gasteiger partial charge in [0, 0.05) is 18.7 Å². The molecule has 1 aliphatic heterocycles. The van der Waals surface area contributed by atoms with Gasteiger partial charge in [0.15, 0.2) is 6.61 Å². The number of nitrogens with one attached hydrogen (secondary N) is 2. The largest absolute Gasteiger partial charge is 0.484 e. The van der Waals surface area contributed by atoms with Gasteiger partial charge in [0.25, 0.3) is 5.91 Å². The predicted octanol–water partition coefficient (Wildman–Crippen LogP) is 1.23. The maximum Gasteiger partial charge on any atom is 0.305 e. The monoisotopic (exact) mass is 311 g/mol. The van der Waals surface area contributed by atoms with Crippen molar-refractivity contribution in [3.8, 4) is 5.75 Å². The Labute approximate surface area is 127 Å². The number of hydrogen-bond donors (Lipinski definition) is 2. The summed E-state index contributed by atoms with van der Waals surface area (Å²) in [4.78, 5) is 21.3. The average molecular weight is 311 g/mol. The van der Waals surface area contributed by atoms with Gasteiger partial charge in [-0.3, -0.25) is 14.9 Å². The number of rotatable bonds is 6. The van der Waals surface area contributed by atoms with Crippen LogP contribution in [-0.4, -0.2) is 37.1 Å². The Morgan fingerprint density at radius 1 is 1.55 bits per heavy atom. The van der Waals surface area contributed by atoms with Gasteiger partial charge in [-0.25, -0.2) is 0 Å². The molecule has 7 nitrogen and oxygen atoms in total. The highest BCUT2D eigenvalue weighted by molar-refractivity contribution is 5.77. The molecule has 0 spiro atoms. The molecule has 0 bridgehead atoms. The van der Waals surface area contributed by atoms with Crippen LogP contribution in [0.2, 0.25) is 0 Å². The Kier molecular flexibility index (Phi) is 5.65. The second-order valence-electron chi connectivity index (χ2n) is 5.18. The number of piperidine rings is 1. The molecule has 0 aliphatic carbocycles. The van der Waals surface area contributed by atoms with Crippen LogP contribution in [0.5, 0.6) is 5.75 Å². The number of nitrogens with zero attached hydrogens (tertiary/aromatic N) is 1. The molecule has 2 N–H and O–H groups in total. The summed E-state index contributed by atoms with van der Waals surface area (Å²) in [5, 5.41) is 16.5. The molecule has 0 radical (unpaired) electrons. The Hall–Kier alpha value is -2.22. The summed E-state index contributed by atoms with van der Waals surface area (Å²) in [6.45, 7) is 2.22. The molecule has 120 valence electrons. The molecule has 1 aromatic rings. The zero-order valence-corrected chi connectivity index (χ0v) is 12.0. The summed E-state index contributed by atoms with van der Waals surface area (Å²) >= 11 is 0. The average Bonchev–Trinajstić information content (AvgIpc) is 2.51. The van der Waals surface area contributed by atoms with Gasteiger partial charge in [-0.2, -0.15) is 4.39 Å². The van der Waals surface area contributed by atoms with Crippen LogP contribution < -0.4 is 15.4 Å². The molecule has 1 amide bonds. The molecule has 1 heterocycles. The van der Waals surface area contributed by atoms with Gasteiger partial charge in [-0.15, -0.1) is 0 Å². The molecule has 8 heteroatoms. The first-order valence-corrected chi connectivity index (χ1v) is 7.10. The van der Waals surface area contributed by atoms with E-state index in [-0.39, 0.29) is 18.3 Å². The Morgan fingerprint density at radius 2 is 2.36 bits per heavy atom. The third-order valence-corrected chi connectivity index (χ3v) is 3.47. The molecule has 1 unspecified atom stereocenters. The van der Waals surface area contributed by atoms with E-state index in [0.29, 0.717) is 12.5 Å². The number of benzene rings is 1. The third kappa shape index (κ3) is 4.66. The zero-order chi connectivity index (χ0) is 15.9. The molecule has 0 saturated carbocycles. The number of carbonyl (C=O) groups is 1. The van der Waals surface area contributed by atoms with Gasteiger partial charge in [0.1, 0.15) is 5.75 Å².